The second kappa shape index (κ2) is 5.50. The van der Waals surface area contributed by atoms with Crippen LogP contribution in [0.2, 0.25) is 0 Å². The van der Waals surface area contributed by atoms with Crippen LogP contribution in [-0.2, 0) is 16.6 Å². The molecule has 0 saturated carbocycles. The summed E-state index contributed by atoms with van der Waals surface area (Å²) in [5, 5.41) is 9.01. The molecule has 0 atom stereocenters. The second-order valence-corrected chi connectivity index (χ2v) is 8.50. The third kappa shape index (κ3) is 3.07. The van der Waals surface area contributed by atoms with Crippen molar-refractivity contribution in [2.24, 2.45) is 11.3 Å². The molecule has 0 aliphatic carbocycles. The number of nitrogens with zero attached hydrogens (tertiary/aromatic N) is 1. The van der Waals surface area contributed by atoms with Gasteiger partial charge in [0.05, 0.1) is 11.5 Å². The van der Waals surface area contributed by atoms with Crippen molar-refractivity contribution >= 4 is 10.0 Å². The molecule has 1 aliphatic rings. The molecule has 20 heavy (non-hydrogen) atoms. The number of aliphatic hydroxyl groups excluding tert-OH is 1. The summed E-state index contributed by atoms with van der Waals surface area (Å²) in [6, 6.07) is 1.51. The van der Waals surface area contributed by atoms with E-state index in [2.05, 4.69) is 25.8 Å². The average molecular weight is 300 g/mol. The lowest BCUT2D eigenvalue weighted by Gasteiger charge is -2.38. The SMILES string of the molecule is CC(C)(C)C1CCN(S(=O)(=O)c2c[nH]c(CO)c2)CC1. The van der Waals surface area contributed by atoms with Gasteiger partial charge in [0.15, 0.2) is 0 Å². The summed E-state index contributed by atoms with van der Waals surface area (Å²) in [6.45, 7) is 7.60. The van der Waals surface area contributed by atoms with Gasteiger partial charge in [-0.2, -0.15) is 4.31 Å². The van der Waals surface area contributed by atoms with Crippen LogP contribution in [-0.4, -0.2) is 35.9 Å². The summed E-state index contributed by atoms with van der Waals surface area (Å²) in [7, 11) is -3.43. The number of hydrogen-bond donors (Lipinski definition) is 2. The summed E-state index contributed by atoms with van der Waals surface area (Å²) in [4.78, 5) is 3.02. The largest absolute Gasteiger partial charge is 0.390 e. The van der Waals surface area contributed by atoms with E-state index in [1.165, 1.54) is 12.3 Å². The van der Waals surface area contributed by atoms with Crippen molar-refractivity contribution in [1.82, 2.24) is 9.29 Å². The summed E-state index contributed by atoms with van der Waals surface area (Å²) in [6.07, 6.45) is 3.26. The molecule has 114 valence electrons. The molecule has 6 heteroatoms. The molecule has 0 bridgehead atoms. The Balaban J connectivity index is 2.09. The number of nitrogens with one attached hydrogen (secondary N) is 1. The number of aliphatic hydroxyl groups is 1. The van der Waals surface area contributed by atoms with E-state index in [0.29, 0.717) is 24.7 Å². The van der Waals surface area contributed by atoms with Crippen LogP contribution in [0.15, 0.2) is 17.2 Å². The zero-order chi connectivity index (χ0) is 15.0. The van der Waals surface area contributed by atoms with Crippen LogP contribution in [0, 0.1) is 11.3 Å². The summed E-state index contributed by atoms with van der Waals surface area (Å²) >= 11 is 0. The molecule has 1 saturated heterocycles. The Morgan fingerprint density at radius 1 is 1.35 bits per heavy atom. The first-order valence-corrected chi connectivity index (χ1v) is 8.47. The standard InChI is InChI=1S/C14H24N2O3S/c1-14(2,3)11-4-6-16(7-5-11)20(18,19)13-8-12(10-17)15-9-13/h8-9,11,15,17H,4-7,10H2,1-3H3. The van der Waals surface area contributed by atoms with Gasteiger partial charge in [0.2, 0.25) is 10.0 Å². The third-order valence-corrected chi connectivity index (χ3v) is 6.08. The predicted octanol–water partition coefficient (Wildman–Crippen LogP) is 1.95. The Bertz CT molecular complexity index is 549. The minimum atomic E-state index is -3.43. The molecule has 0 radical (unpaired) electrons. The van der Waals surface area contributed by atoms with Crippen LogP contribution >= 0.6 is 0 Å². The van der Waals surface area contributed by atoms with Gasteiger partial charge in [-0.25, -0.2) is 8.42 Å². The highest BCUT2D eigenvalue weighted by atomic mass is 32.2. The van der Waals surface area contributed by atoms with E-state index in [1.807, 2.05) is 0 Å². The molecule has 0 aromatic carbocycles. The van der Waals surface area contributed by atoms with Gasteiger partial charge in [0.25, 0.3) is 0 Å². The fraction of sp³-hybridized carbons (Fsp3) is 0.714. The van der Waals surface area contributed by atoms with Gasteiger partial charge in [-0.05, 0) is 30.2 Å². The lowest BCUT2D eigenvalue weighted by atomic mass is 9.76. The monoisotopic (exact) mass is 300 g/mol. The van der Waals surface area contributed by atoms with Gasteiger partial charge in [-0.3, -0.25) is 0 Å². The normalized spacial score (nSPS) is 19.4. The van der Waals surface area contributed by atoms with Gasteiger partial charge < -0.3 is 10.1 Å². The van der Waals surface area contributed by atoms with Crippen LogP contribution in [0.3, 0.4) is 0 Å². The topological polar surface area (TPSA) is 73.4 Å². The van der Waals surface area contributed by atoms with Crippen LogP contribution < -0.4 is 0 Å². The number of H-pyrrole nitrogens is 1. The maximum absolute atomic E-state index is 12.5. The highest BCUT2D eigenvalue weighted by Gasteiger charge is 2.34. The second-order valence-electron chi connectivity index (χ2n) is 6.56. The molecule has 5 nitrogen and oxygen atoms in total. The summed E-state index contributed by atoms with van der Waals surface area (Å²) < 4.78 is 26.5. The lowest BCUT2D eigenvalue weighted by molar-refractivity contribution is 0.154. The Morgan fingerprint density at radius 2 is 1.95 bits per heavy atom. The minimum Gasteiger partial charge on any atom is -0.390 e. The minimum absolute atomic E-state index is 0.179. The fourth-order valence-electron chi connectivity index (χ4n) is 2.77. The summed E-state index contributed by atoms with van der Waals surface area (Å²) in [5.74, 6) is 0.563. The van der Waals surface area contributed by atoms with E-state index >= 15 is 0 Å². The Kier molecular flexibility index (Phi) is 4.27. The average Bonchev–Trinajstić information content (AvgIpc) is 2.87. The van der Waals surface area contributed by atoms with Gasteiger partial charge in [0.1, 0.15) is 0 Å². The number of hydrogen-bond acceptors (Lipinski definition) is 3. The zero-order valence-corrected chi connectivity index (χ0v) is 13.2. The molecule has 2 N–H and O–H groups in total. The number of rotatable bonds is 3. The molecule has 0 amide bonds. The lowest BCUT2D eigenvalue weighted by Crippen LogP contribution is -2.41. The van der Waals surface area contributed by atoms with E-state index in [4.69, 9.17) is 5.11 Å². The van der Waals surface area contributed by atoms with Crippen LogP contribution in [0.25, 0.3) is 0 Å². The van der Waals surface area contributed by atoms with Crippen LogP contribution in [0.1, 0.15) is 39.3 Å². The maximum Gasteiger partial charge on any atom is 0.244 e. The Labute approximate surface area is 121 Å². The molecule has 1 fully saturated rings. The molecular formula is C14H24N2O3S. The maximum atomic E-state index is 12.5. The first-order valence-electron chi connectivity index (χ1n) is 7.03. The van der Waals surface area contributed by atoms with E-state index in [1.54, 1.807) is 4.31 Å². The van der Waals surface area contributed by atoms with Crippen LogP contribution in [0.4, 0.5) is 0 Å². The molecule has 2 heterocycles. The molecule has 2 rings (SSSR count). The Hall–Kier alpha value is -0.850. The Morgan fingerprint density at radius 3 is 2.40 bits per heavy atom. The highest BCUT2D eigenvalue weighted by molar-refractivity contribution is 7.89. The zero-order valence-electron chi connectivity index (χ0n) is 12.4. The molecule has 1 aromatic rings. The van der Waals surface area contributed by atoms with Gasteiger partial charge >= 0.3 is 0 Å². The van der Waals surface area contributed by atoms with Crippen molar-refractivity contribution in [3.8, 4) is 0 Å². The number of aromatic amines is 1. The molecule has 1 aliphatic heterocycles. The number of sulfonamides is 1. The van der Waals surface area contributed by atoms with Gasteiger partial charge in [0, 0.05) is 25.0 Å². The van der Waals surface area contributed by atoms with E-state index in [9.17, 15) is 8.42 Å². The van der Waals surface area contributed by atoms with Crippen LogP contribution in [0.5, 0.6) is 0 Å². The molecule has 0 unspecified atom stereocenters. The molecule has 1 aromatic heterocycles. The quantitative estimate of drug-likeness (QED) is 0.896. The smallest absolute Gasteiger partial charge is 0.244 e. The third-order valence-electron chi connectivity index (χ3n) is 4.20. The predicted molar refractivity (Wildman–Crippen MR) is 77.7 cm³/mol. The van der Waals surface area contributed by atoms with Gasteiger partial charge in [-0.15, -0.1) is 0 Å². The molecule has 0 spiro atoms. The van der Waals surface area contributed by atoms with Crippen molar-refractivity contribution in [2.45, 2.75) is 45.1 Å². The van der Waals surface area contributed by atoms with Gasteiger partial charge in [-0.1, -0.05) is 20.8 Å². The van der Waals surface area contributed by atoms with Crippen molar-refractivity contribution in [3.05, 3.63) is 18.0 Å². The van der Waals surface area contributed by atoms with Crippen molar-refractivity contribution in [2.75, 3.05) is 13.1 Å². The highest BCUT2D eigenvalue weighted by Crippen LogP contribution is 2.35. The van der Waals surface area contributed by atoms with Crippen molar-refractivity contribution < 1.29 is 13.5 Å². The van der Waals surface area contributed by atoms with E-state index in [-0.39, 0.29) is 16.9 Å². The van der Waals surface area contributed by atoms with E-state index < -0.39 is 10.0 Å². The van der Waals surface area contributed by atoms with Crippen molar-refractivity contribution in [1.29, 1.82) is 0 Å². The summed E-state index contributed by atoms with van der Waals surface area (Å²) in [5.41, 5.74) is 0.752. The first kappa shape index (κ1) is 15.5. The first-order chi connectivity index (χ1) is 9.25. The van der Waals surface area contributed by atoms with Crippen molar-refractivity contribution in [3.63, 3.8) is 0 Å². The van der Waals surface area contributed by atoms with E-state index in [0.717, 1.165) is 12.8 Å². The fourth-order valence-corrected chi connectivity index (χ4v) is 4.26. The number of aromatic nitrogens is 1. The molecular weight excluding hydrogens is 276 g/mol. The number of piperidine rings is 1.